The standard InChI is InChI=1S/C11H12O7.C8H10O5.C6H15N.CH4O/c1-6-9(7(3-12)4-13)17-11(18-10(6)15)8(5-14)16-2;1-5(8(12)13-2)7(11)6(3-9)4-10;1-4-7(5-2)6-3;1-2/h3-5,7-9,11H,1H2,2H3;3-4,6-7,11H,1H2,2H3;4-6H2,1-3H3;2H,1H3/t8?,9-,11+;7-;;/m00../s1. The predicted octanol–water partition coefficient (Wildman–Crippen LogP) is -0.914. The molecule has 228 valence electrons. The summed E-state index contributed by atoms with van der Waals surface area (Å²) in [6.07, 6.45) is -3.56. The molecular formula is C26H41NO13. The van der Waals surface area contributed by atoms with Crippen LogP contribution in [-0.2, 0) is 52.5 Å². The van der Waals surface area contributed by atoms with Gasteiger partial charge in [-0.3, -0.25) is 0 Å². The second-order valence-electron chi connectivity index (χ2n) is 7.47. The molecule has 1 aliphatic heterocycles. The van der Waals surface area contributed by atoms with Crippen molar-refractivity contribution >= 4 is 43.4 Å². The van der Waals surface area contributed by atoms with E-state index in [1.807, 2.05) is 0 Å². The number of cyclic esters (lactones) is 1. The Hall–Kier alpha value is -3.43. The van der Waals surface area contributed by atoms with Crippen molar-refractivity contribution < 1.29 is 62.7 Å². The van der Waals surface area contributed by atoms with E-state index in [0.717, 1.165) is 14.2 Å². The number of esters is 2. The topological polar surface area (TPSA) is 200 Å². The van der Waals surface area contributed by atoms with Crippen LogP contribution in [-0.4, -0.2) is 124 Å². The van der Waals surface area contributed by atoms with Gasteiger partial charge in [-0.25, -0.2) is 9.59 Å². The van der Waals surface area contributed by atoms with Crippen molar-refractivity contribution in [3.8, 4) is 0 Å². The summed E-state index contributed by atoms with van der Waals surface area (Å²) in [5.41, 5.74) is -0.470. The molecule has 4 atom stereocenters. The summed E-state index contributed by atoms with van der Waals surface area (Å²) in [6, 6.07) is 0. The number of methoxy groups -OCH3 is 2. The third kappa shape index (κ3) is 14.1. The Morgan fingerprint density at radius 2 is 1.45 bits per heavy atom. The molecule has 0 saturated carbocycles. The van der Waals surface area contributed by atoms with Gasteiger partial charge < -0.3 is 58.0 Å². The number of hydrogen-bond acceptors (Lipinski definition) is 14. The molecule has 14 nitrogen and oxygen atoms in total. The molecule has 1 saturated heterocycles. The van der Waals surface area contributed by atoms with Crippen LogP contribution in [0.25, 0.3) is 0 Å². The van der Waals surface area contributed by atoms with E-state index in [2.05, 4.69) is 43.6 Å². The van der Waals surface area contributed by atoms with E-state index in [9.17, 15) is 38.7 Å². The molecule has 1 fully saturated rings. The second-order valence-corrected chi connectivity index (χ2v) is 7.47. The largest absolute Gasteiger partial charge is 0.466 e. The minimum absolute atomic E-state index is 0.156. The number of ether oxygens (including phenoxy) is 4. The molecule has 1 heterocycles. The first kappa shape index (κ1) is 41.1. The van der Waals surface area contributed by atoms with Gasteiger partial charge in [-0.05, 0) is 19.6 Å². The van der Waals surface area contributed by atoms with Gasteiger partial charge in [-0.2, -0.15) is 0 Å². The lowest BCUT2D eigenvalue weighted by molar-refractivity contribution is -0.229. The first-order chi connectivity index (χ1) is 19.0. The number of aliphatic hydroxyl groups excluding tert-OH is 2. The highest BCUT2D eigenvalue weighted by molar-refractivity contribution is 5.93. The van der Waals surface area contributed by atoms with E-state index in [-0.39, 0.29) is 23.7 Å². The van der Waals surface area contributed by atoms with Crippen molar-refractivity contribution in [3.63, 3.8) is 0 Å². The molecule has 0 bridgehead atoms. The normalized spacial score (nSPS) is 17.3. The van der Waals surface area contributed by atoms with Crippen LogP contribution in [0.1, 0.15) is 20.8 Å². The first-order valence-electron chi connectivity index (χ1n) is 12.0. The Morgan fingerprint density at radius 3 is 1.75 bits per heavy atom. The number of rotatable bonds is 14. The summed E-state index contributed by atoms with van der Waals surface area (Å²) in [4.78, 5) is 77.1. The van der Waals surface area contributed by atoms with Gasteiger partial charge in [0.1, 0.15) is 49.2 Å². The smallest absolute Gasteiger partial charge is 0.338 e. The average molecular weight is 576 g/mol. The van der Waals surface area contributed by atoms with Crippen LogP contribution in [0.3, 0.4) is 0 Å². The first-order valence-corrected chi connectivity index (χ1v) is 12.0. The Balaban J connectivity index is -0.000000544. The lowest BCUT2D eigenvalue weighted by Crippen LogP contribution is -2.48. The summed E-state index contributed by atoms with van der Waals surface area (Å²) < 4.78 is 18.9. The molecule has 1 aliphatic rings. The molecule has 1 unspecified atom stereocenters. The van der Waals surface area contributed by atoms with Gasteiger partial charge >= 0.3 is 11.9 Å². The summed E-state index contributed by atoms with van der Waals surface area (Å²) in [7, 11) is 3.34. The predicted molar refractivity (Wildman–Crippen MR) is 141 cm³/mol. The Labute approximate surface area is 233 Å². The molecule has 0 aliphatic carbocycles. The van der Waals surface area contributed by atoms with Crippen LogP contribution >= 0.6 is 0 Å². The molecular weight excluding hydrogens is 534 g/mol. The molecule has 40 heavy (non-hydrogen) atoms. The fourth-order valence-electron chi connectivity index (χ4n) is 2.76. The summed E-state index contributed by atoms with van der Waals surface area (Å²) >= 11 is 0. The van der Waals surface area contributed by atoms with Gasteiger partial charge in [0, 0.05) is 14.2 Å². The van der Waals surface area contributed by atoms with Crippen LogP contribution in [0, 0.1) is 11.8 Å². The zero-order chi connectivity index (χ0) is 31.8. The third-order valence-electron chi connectivity index (χ3n) is 5.27. The van der Waals surface area contributed by atoms with Crippen molar-refractivity contribution in [1.29, 1.82) is 0 Å². The van der Waals surface area contributed by atoms with Crippen LogP contribution in [0.2, 0.25) is 0 Å². The molecule has 2 N–H and O–H groups in total. The van der Waals surface area contributed by atoms with E-state index < -0.39 is 48.4 Å². The van der Waals surface area contributed by atoms with E-state index in [4.69, 9.17) is 19.3 Å². The highest BCUT2D eigenvalue weighted by Gasteiger charge is 2.41. The Bertz CT molecular complexity index is 804. The lowest BCUT2D eigenvalue weighted by Gasteiger charge is -2.33. The summed E-state index contributed by atoms with van der Waals surface area (Å²) in [6.45, 7) is 16.7. The average Bonchev–Trinajstić information content (AvgIpc) is 2.99. The number of aldehydes is 5. The Morgan fingerprint density at radius 1 is 0.975 bits per heavy atom. The minimum atomic E-state index is -1.51. The molecule has 0 aromatic carbocycles. The van der Waals surface area contributed by atoms with Crippen LogP contribution in [0.15, 0.2) is 24.3 Å². The Kier molecular flexibility index (Phi) is 25.2. The van der Waals surface area contributed by atoms with Gasteiger partial charge in [0.2, 0.25) is 6.29 Å². The SMILES string of the molecule is C=C(C(=O)OC)[C@H](O)C(C=O)C=O.C=C1C(=O)O[C@H](C(C=O)OC)O[C@@H]1C(C=O)C=O.CCN(CC)CC.CO. The van der Waals surface area contributed by atoms with Crippen molar-refractivity contribution in [1.82, 2.24) is 4.90 Å². The van der Waals surface area contributed by atoms with E-state index in [0.29, 0.717) is 18.9 Å². The molecule has 14 heteroatoms. The number of hydrogen-bond donors (Lipinski definition) is 2. The maximum Gasteiger partial charge on any atom is 0.338 e. The van der Waals surface area contributed by atoms with Gasteiger partial charge in [0.05, 0.1) is 18.3 Å². The fraction of sp³-hybridized carbons (Fsp3) is 0.577. The van der Waals surface area contributed by atoms with Crippen LogP contribution < -0.4 is 0 Å². The van der Waals surface area contributed by atoms with Gasteiger partial charge in [0.25, 0.3) is 0 Å². The zero-order valence-electron chi connectivity index (χ0n) is 23.7. The molecule has 0 aromatic heterocycles. The monoisotopic (exact) mass is 575 g/mol. The number of nitrogens with zero attached hydrogens (tertiary/aromatic N) is 1. The number of aliphatic hydroxyl groups is 2. The number of carbonyl (C=O) groups is 7. The molecule has 0 radical (unpaired) electrons. The second kappa shape index (κ2) is 24.6. The van der Waals surface area contributed by atoms with E-state index in [1.54, 1.807) is 0 Å². The number of carbonyl (C=O) groups excluding carboxylic acids is 7. The van der Waals surface area contributed by atoms with E-state index in [1.165, 1.54) is 26.7 Å². The molecule has 0 spiro atoms. The zero-order valence-corrected chi connectivity index (χ0v) is 23.7. The van der Waals surface area contributed by atoms with Crippen molar-refractivity contribution in [2.45, 2.75) is 45.4 Å². The van der Waals surface area contributed by atoms with Crippen LogP contribution in [0.4, 0.5) is 0 Å². The van der Waals surface area contributed by atoms with Gasteiger partial charge in [-0.1, -0.05) is 33.9 Å². The van der Waals surface area contributed by atoms with E-state index >= 15 is 0 Å². The van der Waals surface area contributed by atoms with Gasteiger partial charge in [0.15, 0.2) is 12.4 Å². The van der Waals surface area contributed by atoms with Crippen molar-refractivity contribution in [3.05, 3.63) is 24.3 Å². The minimum Gasteiger partial charge on any atom is -0.466 e. The lowest BCUT2D eigenvalue weighted by atomic mass is 9.98. The van der Waals surface area contributed by atoms with Gasteiger partial charge in [-0.15, -0.1) is 0 Å². The summed E-state index contributed by atoms with van der Waals surface area (Å²) in [5, 5.41) is 16.2. The third-order valence-corrected chi connectivity index (χ3v) is 5.27. The molecule has 1 rings (SSSR count). The summed E-state index contributed by atoms with van der Waals surface area (Å²) in [5.74, 6) is -4.14. The highest BCUT2D eigenvalue weighted by Crippen LogP contribution is 2.24. The van der Waals surface area contributed by atoms with Crippen molar-refractivity contribution in [2.24, 2.45) is 11.8 Å². The van der Waals surface area contributed by atoms with Crippen LogP contribution in [0.5, 0.6) is 0 Å². The van der Waals surface area contributed by atoms with Crippen molar-refractivity contribution in [2.75, 3.05) is 41.0 Å². The molecule has 0 aromatic rings. The molecule has 0 amide bonds. The maximum absolute atomic E-state index is 11.5. The highest BCUT2D eigenvalue weighted by atomic mass is 16.7. The quantitative estimate of drug-likeness (QED) is 0.111. The maximum atomic E-state index is 11.5. The fourth-order valence-corrected chi connectivity index (χ4v) is 2.76.